The maximum absolute atomic E-state index is 13.3. The molecule has 1 N–H and O–H groups in total. The molecule has 0 heterocycles. The highest BCUT2D eigenvalue weighted by molar-refractivity contribution is 6.07. The van der Waals surface area contributed by atoms with E-state index in [0.717, 1.165) is 30.4 Å². The predicted octanol–water partition coefficient (Wildman–Crippen LogP) is 5.89. The van der Waals surface area contributed by atoms with Crippen LogP contribution >= 0.6 is 0 Å². The van der Waals surface area contributed by atoms with Crippen LogP contribution in [0, 0.1) is 27.6 Å². The Morgan fingerprint density at radius 2 is 1.71 bits per heavy atom. The summed E-state index contributed by atoms with van der Waals surface area (Å²) in [5, 5.41) is 10.3. The van der Waals surface area contributed by atoms with Crippen LogP contribution in [0.1, 0.15) is 73.6 Å². The number of carbonyl (C=O) groups excluding carboxylic acids is 3. The smallest absolute Gasteiger partial charge is 0.319 e. The van der Waals surface area contributed by atoms with E-state index >= 15 is 0 Å². The number of carbonyl (C=O) groups is 3. The number of methoxy groups -OCH3 is 1. The molecule has 0 unspecified atom stereocenters. The van der Waals surface area contributed by atoms with Gasteiger partial charge in [-0.25, -0.2) is 0 Å². The van der Waals surface area contributed by atoms with Gasteiger partial charge in [-0.2, -0.15) is 0 Å². The topological polar surface area (TPSA) is 80.7 Å². The number of rotatable bonds is 1. The first kappa shape index (κ1) is 24.0. The first-order valence-electron chi connectivity index (χ1n) is 12.6. The van der Waals surface area contributed by atoms with Crippen molar-refractivity contribution in [3.63, 3.8) is 0 Å². The van der Waals surface area contributed by atoms with Crippen molar-refractivity contribution >= 4 is 17.5 Å². The summed E-state index contributed by atoms with van der Waals surface area (Å²) < 4.78 is 5.10. The summed E-state index contributed by atoms with van der Waals surface area (Å²) in [4.78, 5) is 38.7. The maximum Gasteiger partial charge on any atom is 0.319 e. The Balaban J connectivity index is 1.68. The molecule has 5 atom stereocenters. The highest BCUT2D eigenvalue weighted by atomic mass is 16.5. The van der Waals surface area contributed by atoms with Crippen LogP contribution in [0.15, 0.2) is 57.4 Å². The molecule has 0 radical (unpaired) electrons. The molecule has 2 saturated carbocycles. The second-order valence-electron chi connectivity index (χ2n) is 12.5. The molecule has 0 bridgehead atoms. The van der Waals surface area contributed by atoms with Crippen molar-refractivity contribution in [3.05, 3.63) is 57.4 Å². The number of hydrogen-bond acceptors (Lipinski definition) is 5. The number of aliphatic hydroxyl groups excluding tert-OH is 1. The Labute approximate surface area is 207 Å². The number of aliphatic hydroxyl groups is 1. The summed E-state index contributed by atoms with van der Waals surface area (Å²) in [5.41, 5.74) is 4.58. The van der Waals surface area contributed by atoms with Gasteiger partial charge < -0.3 is 9.84 Å². The lowest BCUT2D eigenvalue weighted by molar-refractivity contribution is -0.167. The van der Waals surface area contributed by atoms with Gasteiger partial charge in [0.15, 0.2) is 5.76 Å². The molecule has 0 amide bonds. The molecule has 0 aromatic carbocycles. The van der Waals surface area contributed by atoms with Crippen LogP contribution in [-0.4, -0.2) is 29.8 Å². The summed E-state index contributed by atoms with van der Waals surface area (Å²) in [6, 6.07) is 0. The molecule has 2 fully saturated rings. The van der Waals surface area contributed by atoms with Crippen LogP contribution in [0.2, 0.25) is 0 Å². The van der Waals surface area contributed by atoms with Crippen molar-refractivity contribution < 1.29 is 24.2 Å². The lowest BCUT2D eigenvalue weighted by atomic mass is 9.41. The van der Waals surface area contributed by atoms with E-state index in [0.29, 0.717) is 18.4 Å². The molecule has 5 nitrogen and oxygen atoms in total. The molecule has 5 heteroatoms. The number of ketones is 2. The fraction of sp³-hybridized carbons (Fsp3) is 0.567. The average molecular weight is 477 g/mol. The third kappa shape index (κ3) is 2.90. The number of allylic oxidation sites excluding steroid dienone is 9. The summed E-state index contributed by atoms with van der Waals surface area (Å²) >= 11 is 0. The summed E-state index contributed by atoms with van der Waals surface area (Å²) in [6.07, 6.45) is 9.29. The molecule has 5 aliphatic carbocycles. The Bertz CT molecular complexity index is 1260. The monoisotopic (exact) mass is 476 g/mol. The zero-order valence-electron chi connectivity index (χ0n) is 21.9. The second kappa shape index (κ2) is 7.18. The van der Waals surface area contributed by atoms with E-state index in [1.54, 1.807) is 13.0 Å². The molecule has 0 aromatic heterocycles. The third-order valence-electron chi connectivity index (χ3n) is 10.3. The lowest BCUT2D eigenvalue weighted by Crippen LogP contribution is -2.58. The molecule has 186 valence electrons. The average Bonchev–Trinajstić information content (AvgIpc) is 2.79. The van der Waals surface area contributed by atoms with E-state index in [1.165, 1.54) is 23.8 Å². The Hall–Kier alpha value is -2.69. The quantitative estimate of drug-likeness (QED) is 0.377. The van der Waals surface area contributed by atoms with Crippen LogP contribution in [0.25, 0.3) is 0 Å². The molecular weight excluding hydrogens is 440 g/mol. The van der Waals surface area contributed by atoms with Crippen LogP contribution in [0.4, 0.5) is 0 Å². The predicted molar refractivity (Wildman–Crippen MR) is 133 cm³/mol. The largest absolute Gasteiger partial charge is 0.504 e. The molecule has 0 spiro atoms. The summed E-state index contributed by atoms with van der Waals surface area (Å²) in [5.74, 6) is -0.787. The maximum atomic E-state index is 13.3. The Morgan fingerprint density at radius 1 is 1.03 bits per heavy atom. The highest BCUT2D eigenvalue weighted by Gasteiger charge is 2.63. The number of esters is 1. The number of Topliss-reactive ketones (excluding diaryl/α,β-unsaturated/α-hetero) is 1. The van der Waals surface area contributed by atoms with E-state index in [4.69, 9.17) is 4.74 Å². The van der Waals surface area contributed by atoms with Gasteiger partial charge in [-0.3, -0.25) is 14.4 Å². The second-order valence-corrected chi connectivity index (χ2v) is 12.5. The minimum atomic E-state index is -1.12. The number of fused-ring (bicyclic) bond motifs is 7. The van der Waals surface area contributed by atoms with E-state index in [1.807, 2.05) is 13.0 Å². The van der Waals surface area contributed by atoms with E-state index in [2.05, 4.69) is 33.8 Å². The SMILES string of the molecule is COC(=O)[C@@]1(C)C[C@@H]2[C@](C)(CC1=O)CC(C)=C1C3=CC=C4C(=CC(=O)C(O)=C4C)[C@]3(C)CC[C@]12C. The van der Waals surface area contributed by atoms with Gasteiger partial charge in [0.05, 0.1) is 7.11 Å². The van der Waals surface area contributed by atoms with Crippen LogP contribution < -0.4 is 0 Å². The Morgan fingerprint density at radius 3 is 2.37 bits per heavy atom. The van der Waals surface area contributed by atoms with Gasteiger partial charge in [0.25, 0.3) is 0 Å². The van der Waals surface area contributed by atoms with E-state index < -0.39 is 11.4 Å². The summed E-state index contributed by atoms with van der Waals surface area (Å²) in [7, 11) is 1.36. The van der Waals surface area contributed by atoms with Gasteiger partial charge >= 0.3 is 5.97 Å². The lowest BCUT2D eigenvalue weighted by Gasteiger charge is -2.62. The van der Waals surface area contributed by atoms with Gasteiger partial charge in [-0.15, -0.1) is 0 Å². The fourth-order valence-electron chi connectivity index (χ4n) is 8.35. The standard InChI is InChI=1S/C30H36O5/c1-16-13-27(3)15-23(32)30(6,26(34)35-7)14-22(27)29(5)11-10-28(4)19(24(16)29)9-8-18-17(2)25(33)21(31)12-20(18)28/h8-9,12,22,33H,10-11,13-15H2,1-7H3/t22-,27+,28-,29+,30+/m1/s1. The molecule has 35 heavy (non-hydrogen) atoms. The van der Waals surface area contributed by atoms with Crippen LogP contribution in [0.3, 0.4) is 0 Å². The fourth-order valence-corrected chi connectivity index (χ4v) is 8.35. The van der Waals surface area contributed by atoms with Gasteiger partial charge in [0.1, 0.15) is 11.2 Å². The zero-order valence-corrected chi connectivity index (χ0v) is 21.9. The first-order chi connectivity index (χ1) is 16.2. The van der Waals surface area contributed by atoms with Gasteiger partial charge in [-0.05, 0) is 91.6 Å². The molecular formula is C30H36O5. The minimum Gasteiger partial charge on any atom is -0.504 e. The molecule has 0 saturated heterocycles. The van der Waals surface area contributed by atoms with Crippen LogP contribution in [0.5, 0.6) is 0 Å². The van der Waals surface area contributed by atoms with Crippen molar-refractivity contribution in [2.45, 2.75) is 73.6 Å². The minimum absolute atomic E-state index is 0.0130. The Kier molecular flexibility index (Phi) is 4.93. The van der Waals surface area contributed by atoms with Crippen molar-refractivity contribution in [2.75, 3.05) is 7.11 Å². The molecule has 0 aromatic rings. The van der Waals surface area contributed by atoms with Gasteiger partial charge in [0.2, 0.25) is 5.78 Å². The molecule has 0 aliphatic heterocycles. The van der Waals surface area contributed by atoms with Gasteiger partial charge in [-0.1, -0.05) is 38.5 Å². The highest BCUT2D eigenvalue weighted by Crippen LogP contribution is 2.70. The molecule has 5 rings (SSSR count). The van der Waals surface area contributed by atoms with Crippen molar-refractivity contribution in [1.82, 2.24) is 0 Å². The number of ether oxygens (including phenoxy) is 1. The van der Waals surface area contributed by atoms with Crippen molar-refractivity contribution in [2.24, 2.45) is 27.6 Å². The van der Waals surface area contributed by atoms with Crippen molar-refractivity contribution in [3.8, 4) is 0 Å². The first-order valence-corrected chi connectivity index (χ1v) is 12.6. The van der Waals surface area contributed by atoms with E-state index in [9.17, 15) is 19.5 Å². The van der Waals surface area contributed by atoms with Gasteiger partial charge in [0, 0.05) is 17.4 Å². The normalized spacial score (nSPS) is 40.7. The third-order valence-corrected chi connectivity index (χ3v) is 10.3. The molecule has 5 aliphatic rings. The van der Waals surface area contributed by atoms with E-state index in [-0.39, 0.29) is 39.5 Å². The van der Waals surface area contributed by atoms with Crippen molar-refractivity contribution in [1.29, 1.82) is 0 Å². The summed E-state index contributed by atoms with van der Waals surface area (Å²) in [6.45, 7) is 12.5. The number of hydrogen-bond donors (Lipinski definition) is 1. The zero-order chi connectivity index (χ0) is 25.7. The van der Waals surface area contributed by atoms with Crippen LogP contribution in [-0.2, 0) is 19.1 Å².